The minimum absolute atomic E-state index is 0.0347. The minimum Gasteiger partial charge on any atom is -0.320 e. The summed E-state index contributed by atoms with van der Waals surface area (Å²) in [4.78, 5) is 13.1. The van der Waals surface area contributed by atoms with Gasteiger partial charge in [-0.05, 0) is 0 Å². The molecule has 0 aliphatic rings. The average Bonchev–Trinajstić information content (AvgIpc) is 1.88. The second-order valence-corrected chi connectivity index (χ2v) is 0.808. The summed E-state index contributed by atoms with van der Waals surface area (Å²) >= 11 is 0. The normalized spacial score (nSPS) is 6.44. The molecule has 0 saturated carbocycles. The van der Waals surface area contributed by atoms with E-state index in [0.717, 1.165) is 0 Å². The van der Waals surface area contributed by atoms with Crippen molar-refractivity contribution in [1.82, 2.24) is 0 Å². The summed E-state index contributed by atoms with van der Waals surface area (Å²) in [5.41, 5.74) is 0. The average molecular weight is 136 g/mol. The molecule has 3 N–H and O–H groups in total. The highest BCUT2D eigenvalue weighted by molar-refractivity contribution is 4.61. The Morgan fingerprint density at radius 2 is 2.33 bits per heavy atom. The van der Waals surface area contributed by atoms with Gasteiger partial charge in [-0.15, -0.1) is 16.7 Å². The molecule has 0 unspecified atom stereocenters. The maximum atomic E-state index is 9.29. The molecule has 0 aliphatic heterocycles. The molecule has 0 aromatic carbocycles. The molecule has 0 rings (SSSR count). The molecule has 0 heterocycles. The molecule has 0 aromatic heterocycles. The highest BCUT2D eigenvalue weighted by Gasteiger charge is 1.85. The lowest BCUT2D eigenvalue weighted by atomic mass is 10.7. The first-order valence-corrected chi connectivity index (χ1v) is 1.91. The van der Waals surface area contributed by atoms with Crippen molar-refractivity contribution in [2.75, 3.05) is 6.61 Å². The Balaban J connectivity index is 0. The lowest BCUT2D eigenvalue weighted by Crippen LogP contribution is -1.98. The molecule has 0 aromatic rings. The lowest BCUT2D eigenvalue weighted by Gasteiger charge is -1.85. The van der Waals surface area contributed by atoms with Crippen LogP contribution in [-0.4, -0.2) is 16.9 Å². The van der Waals surface area contributed by atoms with Crippen molar-refractivity contribution in [3.05, 3.63) is 22.8 Å². The fourth-order valence-corrected chi connectivity index (χ4v) is 0.114. The smallest absolute Gasteiger partial charge is 0.294 e. The Kier molecular flexibility index (Phi) is 11.9. The third-order valence-corrected chi connectivity index (χ3v) is 0.298. The van der Waals surface area contributed by atoms with E-state index in [9.17, 15) is 10.1 Å². The van der Waals surface area contributed by atoms with Crippen LogP contribution < -0.4 is 5.90 Å². The predicted molar refractivity (Wildman–Crippen MR) is 29.1 cm³/mol. The second kappa shape index (κ2) is 9.97. The summed E-state index contributed by atoms with van der Waals surface area (Å²) in [6.07, 6.45) is 1.31. The molecule has 6 heteroatoms. The molecule has 54 valence electrons. The minimum atomic E-state index is -0.859. The molecule has 0 bridgehead atoms. The van der Waals surface area contributed by atoms with Crippen molar-refractivity contribution in [2.24, 2.45) is 5.90 Å². The molecular weight excluding hydrogens is 128 g/mol. The molecule has 0 spiro atoms. The molecule has 6 nitrogen and oxygen atoms in total. The summed E-state index contributed by atoms with van der Waals surface area (Å²) < 4.78 is 0. The van der Waals surface area contributed by atoms with Gasteiger partial charge in [0, 0.05) is 0 Å². The highest BCUT2D eigenvalue weighted by atomic mass is 16.9. The third kappa shape index (κ3) is 19.8. The number of nitrogens with zero attached hydrogens (tertiary/aromatic N) is 1. The largest absolute Gasteiger partial charge is 0.320 e. The summed E-state index contributed by atoms with van der Waals surface area (Å²) in [6, 6.07) is 0. The van der Waals surface area contributed by atoms with Gasteiger partial charge in [-0.3, -0.25) is 0 Å². The fourth-order valence-electron chi connectivity index (χ4n) is 0.114. The van der Waals surface area contributed by atoms with E-state index in [0.29, 0.717) is 0 Å². The van der Waals surface area contributed by atoms with Crippen LogP contribution in [0.5, 0.6) is 0 Å². The van der Waals surface area contributed by atoms with Crippen molar-refractivity contribution in [3.63, 3.8) is 0 Å². The van der Waals surface area contributed by atoms with Gasteiger partial charge in [-0.1, -0.05) is 6.08 Å². The lowest BCUT2D eigenvalue weighted by molar-refractivity contribution is -0.755. The highest BCUT2D eigenvalue weighted by Crippen LogP contribution is 1.71. The van der Waals surface area contributed by atoms with Gasteiger partial charge in [-0.25, -0.2) is 5.90 Å². The van der Waals surface area contributed by atoms with E-state index in [1.807, 2.05) is 0 Å². The van der Waals surface area contributed by atoms with Crippen LogP contribution in [0.3, 0.4) is 0 Å². The van der Waals surface area contributed by atoms with E-state index in [1.165, 1.54) is 6.08 Å². The van der Waals surface area contributed by atoms with Crippen LogP contribution in [-0.2, 0) is 4.84 Å². The van der Waals surface area contributed by atoms with Crippen molar-refractivity contribution in [1.29, 1.82) is 0 Å². The van der Waals surface area contributed by atoms with Gasteiger partial charge in [0.05, 0.1) is 0 Å². The maximum absolute atomic E-state index is 9.29. The molecule has 0 amide bonds. The van der Waals surface area contributed by atoms with E-state index in [4.69, 9.17) is 5.21 Å². The Morgan fingerprint density at radius 3 is 2.44 bits per heavy atom. The van der Waals surface area contributed by atoms with Crippen molar-refractivity contribution >= 4 is 0 Å². The molecule has 0 radical (unpaired) electrons. The summed E-state index contributed by atoms with van der Waals surface area (Å²) in [6.45, 7) is 3.17. The van der Waals surface area contributed by atoms with Crippen molar-refractivity contribution in [3.8, 4) is 0 Å². The van der Waals surface area contributed by atoms with E-state index in [2.05, 4.69) is 17.3 Å². The molecule has 0 atom stereocenters. The van der Waals surface area contributed by atoms with Gasteiger partial charge in [0.1, 0.15) is 6.61 Å². The van der Waals surface area contributed by atoms with Gasteiger partial charge in [-0.2, -0.15) is 0 Å². The van der Waals surface area contributed by atoms with Crippen LogP contribution >= 0.6 is 0 Å². The van der Waals surface area contributed by atoms with Gasteiger partial charge < -0.3 is 10.0 Å². The van der Waals surface area contributed by atoms with E-state index >= 15 is 0 Å². The molecular formula is C3H8N2O4. The van der Waals surface area contributed by atoms with E-state index in [-0.39, 0.29) is 6.61 Å². The predicted octanol–water partition coefficient (Wildman–Crippen LogP) is -0.285. The van der Waals surface area contributed by atoms with E-state index in [1.54, 1.807) is 0 Å². The number of rotatable bonds is 3. The standard InChI is InChI=1S/C3H5NO3.H3NO/c1-2-3-7-4(5)6;1-2/h2H,1,3H2;2H,1H2. The molecule has 9 heavy (non-hydrogen) atoms. The molecule has 0 aliphatic carbocycles. The first-order chi connectivity index (χ1) is 4.27. The van der Waals surface area contributed by atoms with Crippen LogP contribution in [0.4, 0.5) is 0 Å². The first-order valence-electron chi connectivity index (χ1n) is 1.91. The first kappa shape index (κ1) is 10.8. The van der Waals surface area contributed by atoms with E-state index < -0.39 is 5.09 Å². The van der Waals surface area contributed by atoms with Crippen molar-refractivity contribution in [2.45, 2.75) is 0 Å². The Hall–Kier alpha value is -1.14. The summed E-state index contributed by atoms with van der Waals surface area (Å²) in [7, 11) is 0. The summed E-state index contributed by atoms with van der Waals surface area (Å²) in [5, 5.41) is 14.9. The molecule has 0 saturated heterocycles. The third-order valence-electron chi connectivity index (χ3n) is 0.298. The number of hydrogen-bond donors (Lipinski definition) is 2. The zero-order valence-corrected chi connectivity index (χ0v) is 4.69. The second-order valence-electron chi connectivity index (χ2n) is 0.808. The van der Waals surface area contributed by atoms with Gasteiger partial charge in [0.15, 0.2) is 0 Å². The zero-order valence-electron chi connectivity index (χ0n) is 4.69. The van der Waals surface area contributed by atoms with Crippen LogP contribution in [0, 0.1) is 10.1 Å². The molecule has 0 fully saturated rings. The number of hydrogen-bond acceptors (Lipinski definition) is 5. The quantitative estimate of drug-likeness (QED) is 0.315. The van der Waals surface area contributed by atoms with Gasteiger partial charge in [0.25, 0.3) is 5.09 Å². The van der Waals surface area contributed by atoms with Gasteiger partial charge >= 0.3 is 0 Å². The van der Waals surface area contributed by atoms with Crippen LogP contribution in [0.2, 0.25) is 0 Å². The topological polar surface area (TPSA) is 98.6 Å². The Morgan fingerprint density at radius 1 is 1.89 bits per heavy atom. The fraction of sp³-hybridized carbons (Fsp3) is 0.333. The van der Waals surface area contributed by atoms with Crippen LogP contribution in [0.15, 0.2) is 12.7 Å². The Labute approximate surface area is 51.6 Å². The Bertz CT molecular complexity index is 83.9. The van der Waals surface area contributed by atoms with Crippen LogP contribution in [0.25, 0.3) is 0 Å². The van der Waals surface area contributed by atoms with Gasteiger partial charge in [0.2, 0.25) is 0 Å². The number of nitrogens with two attached hydrogens (primary N) is 1. The van der Waals surface area contributed by atoms with Crippen molar-refractivity contribution < 1.29 is 15.1 Å². The SMILES string of the molecule is C=CCO[N+](=O)[O-].NO. The maximum Gasteiger partial charge on any atom is 0.294 e. The summed E-state index contributed by atoms with van der Waals surface area (Å²) in [5.74, 6) is 3.50. The monoisotopic (exact) mass is 136 g/mol. The van der Waals surface area contributed by atoms with Crippen LogP contribution in [0.1, 0.15) is 0 Å². The zero-order chi connectivity index (χ0) is 7.70.